The molecule has 0 radical (unpaired) electrons. The third kappa shape index (κ3) is 12.7. The van der Waals surface area contributed by atoms with Gasteiger partial charge in [0.05, 0.1) is 0 Å². The van der Waals surface area contributed by atoms with Crippen molar-refractivity contribution in [2.45, 2.75) is 26.7 Å². The molecule has 0 unspecified atom stereocenters. The first-order chi connectivity index (χ1) is 8.78. The maximum absolute atomic E-state index is 5.00. The number of hydrogen-bond acceptors (Lipinski definition) is 3. The summed E-state index contributed by atoms with van der Waals surface area (Å²) in [5.74, 6) is 0.880. The molecule has 0 rings (SSSR count). The maximum Gasteiger partial charge on any atom is 0.190 e. The maximum atomic E-state index is 5.00. The number of ether oxygens (including phenoxy) is 1. The van der Waals surface area contributed by atoms with E-state index in [1.165, 1.54) is 0 Å². The lowest BCUT2D eigenvalue weighted by Gasteiger charge is -2.18. The van der Waals surface area contributed by atoms with Crippen LogP contribution in [-0.2, 0) is 4.74 Å². The molecule has 0 aromatic rings. The van der Waals surface area contributed by atoms with Gasteiger partial charge >= 0.3 is 0 Å². The molecule has 0 atom stereocenters. The number of nitrogens with one attached hydrogen (secondary N) is 2. The molecule has 6 heteroatoms. The highest BCUT2D eigenvalue weighted by atomic mass is 127. The quantitative estimate of drug-likeness (QED) is 0.259. The average molecular weight is 386 g/mol. The second-order valence-corrected chi connectivity index (χ2v) is 4.15. The lowest BCUT2D eigenvalue weighted by Crippen LogP contribution is -2.39. The normalized spacial score (nSPS) is 11.3. The van der Waals surface area contributed by atoms with E-state index in [4.69, 9.17) is 4.74 Å². The summed E-state index contributed by atoms with van der Waals surface area (Å²) in [7, 11) is 3.52. The Bertz CT molecular complexity index is 211. The molecule has 0 aliphatic heterocycles. The number of methoxy groups -OCH3 is 1. The summed E-state index contributed by atoms with van der Waals surface area (Å²) in [5, 5.41) is 6.59. The minimum absolute atomic E-state index is 0. The van der Waals surface area contributed by atoms with Crippen molar-refractivity contribution < 1.29 is 4.74 Å². The Balaban J connectivity index is 0. The van der Waals surface area contributed by atoms with E-state index >= 15 is 0 Å². The predicted molar refractivity (Wildman–Crippen MR) is 93.7 cm³/mol. The highest BCUT2D eigenvalue weighted by Crippen LogP contribution is 1.89. The van der Waals surface area contributed by atoms with Crippen LogP contribution in [0.3, 0.4) is 0 Å². The third-order valence-electron chi connectivity index (χ3n) is 2.88. The Hall–Kier alpha value is -0.0800. The Kier molecular flexibility index (Phi) is 17.8. The largest absolute Gasteiger partial charge is 0.385 e. The van der Waals surface area contributed by atoms with Crippen molar-refractivity contribution in [3.63, 3.8) is 0 Å². The molecule has 0 aromatic heterocycles. The second-order valence-electron chi connectivity index (χ2n) is 4.15. The summed E-state index contributed by atoms with van der Waals surface area (Å²) in [6.07, 6.45) is 2.14. The molecule has 0 heterocycles. The molecular formula is C13H31IN4O. The van der Waals surface area contributed by atoms with Crippen LogP contribution in [0.2, 0.25) is 0 Å². The van der Waals surface area contributed by atoms with E-state index in [0.29, 0.717) is 0 Å². The Morgan fingerprint density at radius 3 is 2.16 bits per heavy atom. The lowest BCUT2D eigenvalue weighted by atomic mass is 10.3. The summed E-state index contributed by atoms with van der Waals surface area (Å²) < 4.78 is 5.00. The van der Waals surface area contributed by atoms with Gasteiger partial charge in [0.15, 0.2) is 5.96 Å². The van der Waals surface area contributed by atoms with Crippen molar-refractivity contribution in [1.82, 2.24) is 15.5 Å². The molecule has 0 fully saturated rings. The van der Waals surface area contributed by atoms with Gasteiger partial charge in [0.25, 0.3) is 0 Å². The number of hydrogen-bond donors (Lipinski definition) is 2. The van der Waals surface area contributed by atoms with Gasteiger partial charge in [-0.05, 0) is 32.5 Å². The third-order valence-corrected chi connectivity index (χ3v) is 2.88. The fourth-order valence-corrected chi connectivity index (χ4v) is 1.69. The molecule has 0 amide bonds. The number of aliphatic imine (C=N–C) groups is 1. The van der Waals surface area contributed by atoms with Crippen LogP contribution >= 0.6 is 24.0 Å². The zero-order valence-electron chi connectivity index (χ0n) is 12.9. The molecule has 0 aliphatic carbocycles. The Morgan fingerprint density at radius 1 is 1.11 bits per heavy atom. The molecular weight excluding hydrogens is 355 g/mol. The smallest absolute Gasteiger partial charge is 0.190 e. The highest BCUT2D eigenvalue weighted by Gasteiger charge is 1.99. The van der Waals surface area contributed by atoms with Crippen molar-refractivity contribution in [2.24, 2.45) is 4.99 Å². The van der Waals surface area contributed by atoms with Crippen molar-refractivity contribution in [2.75, 3.05) is 53.5 Å². The van der Waals surface area contributed by atoms with Crippen LogP contribution in [0.1, 0.15) is 26.7 Å². The van der Waals surface area contributed by atoms with Crippen LogP contribution in [0.15, 0.2) is 4.99 Å². The van der Waals surface area contributed by atoms with E-state index < -0.39 is 0 Å². The van der Waals surface area contributed by atoms with Gasteiger partial charge < -0.3 is 20.3 Å². The van der Waals surface area contributed by atoms with E-state index in [-0.39, 0.29) is 24.0 Å². The first kappa shape index (κ1) is 21.2. The zero-order chi connectivity index (χ0) is 13.6. The molecule has 2 N–H and O–H groups in total. The molecule has 116 valence electrons. The number of nitrogens with zero attached hydrogens (tertiary/aromatic N) is 2. The van der Waals surface area contributed by atoms with E-state index in [0.717, 1.165) is 58.1 Å². The summed E-state index contributed by atoms with van der Waals surface area (Å²) in [6.45, 7) is 10.4. The van der Waals surface area contributed by atoms with Crippen molar-refractivity contribution >= 4 is 29.9 Å². The lowest BCUT2D eigenvalue weighted by molar-refractivity contribution is 0.195. The van der Waals surface area contributed by atoms with Gasteiger partial charge in [-0.25, -0.2) is 0 Å². The van der Waals surface area contributed by atoms with Gasteiger partial charge in [-0.3, -0.25) is 4.99 Å². The van der Waals surface area contributed by atoms with E-state index in [1.807, 2.05) is 0 Å². The molecule has 0 saturated carbocycles. The summed E-state index contributed by atoms with van der Waals surface area (Å²) in [6, 6.07) is 0. The monoisotopic (exact) mass is 386 g/mol. The Labute approximate surface area is 135 Å². The molecule has 0 aliphatic rings. The Morgan fingerprint density at radius 2 is 1.68 bits per heavy atom. The first-order valence-corrected chi connectivity index (χ1v) is 6.94. The van der Waals surface area contributed by atoms with Crippen LogP contribution in [-0.4, -0.2) is 64.3 Å². The van der Waals surface area contributed by atoms with Gasteiger partial charge in [-0.2, -0.15) is 0 Å². The van der Waals surface area contributed by atoms with Crippen LogP contribution in [0.25, 0.3) is 0 Å². The molecule has 5 nitrogen and oxygen atoms in total. The predicted octanol–water partition coefficient (Wildman–Crippen LogP) is 1.54. The standard InChI is InChI=1S/C13H30N4O.HI/c1-5-17(6-2)11-7-9-15-13(14-3)16-10-8-12-18-4;/h5-12H2,1-4H3,(H2,14,15,16);1H. The van der Waals surface area contributed by atoms with Crippen molar-refractivity contribution in [3.05, 3.63) is 0 Å². The minimum Gasteiger partial charge on any atom is -0.385 e. The van der Waals surface area contributed by atoms with Gasteiger partial charge in [0, 0.05) is 33.9 Å². The first-order valence-electron chi connectivity index (χ1n) is 6.94. The molecule has 0 bridgehead atoms. The van der Waals surface area contributed by atoms with Crippen LogP contribution in [0.5, 0.6) is 0 Å². The number of halogens is 1. The van der Waals surface area contributed by atoms with Crippen molar-refractivity contribution in [1.29, 1.82) is 0 Å². The summed E-state index contributed by atoms with van der Waals surface area (Å²) in [5.41, 5.74) is 0. The summed E-state index contributed by atoms with van der Waals surface area (Å²) >= 11 is 0. The SMILES string of the molecule is CCN(CC)CCCNC(=NC)NCCCOC.I. The minimum atomic E-state index is 0. The molecule has 19 heavy (non-hydrogen) atoms. The molecule has 0 aromatic carbocycles. The average Bonchev–Trinajstić information content (AvgIpc) is 2.41. The molecule has 0 saturated heterocycles. The molecule has 0 spiro atoms. The summed E-state index contributed by atoms with van der Waals surface area (Å²) in [4.78, 5) is 6.61. The van der Waals surface area contributed by atoms with Crippen LogP contribution in [0.4, 0.5) is 0 Å². The van der Waals surface area contributed by atoms with Gasteiger partial charge in [-0.1, -0.05) is 13.8 Å². The van der Waals surface area contributed by atoms with Crippen LogP contribution < -0.4 is 10.6 Å². The van der Waals surface area contributed by atoms with Gasteiger partial charge in [-0.15, -0.1) is 24.0 Å². The van der Waals surface area contributed by atoms with E-state index in [9.17, 15) is 0 Å². The van der Waals surface area contributed by atoms with Crippen LogP contribution in [0, 0.1) is 0 Å². The number of guanidine groups is 1. The fourth-order valence-electron chi connectivity index (χ4n) is 1.69. The zero-order valence-corrected chi connectivity index (χ0v) is 15.2. The van der Waals surface area contributed by atoms with Crippen molar-refractivity contribution in [3.8, 4) is 0 Å². The van der Waals surface area contributed by atoms with Gasteiger partial charge in [0.1, 0.15) is 0 Å². The topological polar surface area (TPSA) is 48.9 Å². The highest BCUT2D eigenvalue weighted by molar-refractivity contribution is 14.0. The second kappa shape index (κ2) is 16.0. The fraction of sp³-hybridized carbons (Fsp3) is 0.923. The van der Waals surface area contributed by atoms with E-state index in [1.54, 1.807) is 14.2 Å². The van der Waals surface area contributed by atoms with Gasteiger partial charge in [0.2, 0.25) is 0 Å². The number of rotatable bonds is 10. The van der Waals surface area contributed by atoms with E-state index in [2.05, 4.69) is 34.4 Å².